The van der Waals surface area contributed by atoms with Gasteiger partial charge in [0.25, 0.3) is 0 Å². The second-order valence-corrected chi connectivity index (χ2v) is 3.68. The van der Waals surface area contributed by atoms with Crippen LogP contribution in [0.2, 0.25) is 0 Å². The minimum absolute atomic E-state index is 0.232. The summed E-state index contributed by atoms with van der Waals surface area (Å²) in [6.45, 7) is 2.93. The van der Waals surface area contributed by atoms with E-state index in [0.29, 0.717) is 18.8 Å². The zero-order chi connectivity index (χ0) is 10.0. The molecule has 0 bridgehead atoms. The number of rotatable bonds is 3. The molecule has 3 nitrogen and oxygen atoms in total. The Kier molecular flexibility index (Phi) is 2.25. The molecule has 0 aromatic heterocycles. The lowest BCUT2D eigenvalue weighted by Gasteiger charge is -2.06. The van der Waals surface area contributed by atoms with Gasteiger partial charge in [0.15, 0.2) is 0 Å². The first-order valence-electron chi connectivity index (χ1n) is 4.56. The van der Waals surface area contributed by atoms with E-state index in [4.69, 9.17) is 9.47 Å². The summed E-state index contributed by atoms with van der Waals surface area (Å²) in [4.78, 5) is 11.4. The molecular formula is C11H12O3. The number of carbonyl (C=O) groups excluding carboxylic acids is 1. The fourth-order valence-corrected chi connectivity index (χ4v) is 1.08. The quantitative estimate of drug-likeness (QED) is 0.539. The molecule has 14 heavy (non-hydrogen) atoms. The summed E-state index contributed by atoms with van der Waals surface area (Å²) >= 11 is 0. The van der Waals surface area contributed by atoms with Crippen molar-refractivity contribution in [3.05, 3.63) is 35.9 Å². The van der Waals surface area contributed by atoms with Crippen molar-refractivity contribution in [2.45, 2.75) is 12.5 Å². The first-order valence-corrected chi connectivity index (χ1v) is 4.56. The monoisotopic (exact) mass is 192 g/mol. The Morgan fingerprint density at radius 1 is 1.50 bits per heavy atom. The van der Waals surface area contributed by atoms with Crippen LogP contribution in [0.4, 0.5) is 0 Å². The number of hydrogen-bond donors (Lipinski definition) is 0. The van der Waals surface area contributed by atoms with Crippen LogP contribution >= 0.6 is 0 Å². The smallest absolute Gasteiger partial charge is 0.338 e. The third-order valence-electron chi connectivity index (χ3n) is 2.16. The lowest BCUT2D eigenvalue weighted by Crippen LogP contribution is -2.18. The van der Waals surface area contributed by atoms with Gasteiger partial charge in [-0.15, -0.1) is 0 Å². The Labute approximate surface area is 82.6 Å². The Hall–Kier alpha value is -1.35. The molecule has 1 aliphatic rings. The largest absolute Gasteiger partial charge is 0.459 e. The van der Waals surface area contributed by atoms with E-state index in [9.17, 15) is 4.79 Å². The highest BCUT2D eigenvalue weighted by molar-refractivity contribution is 5.89. The van der Waals surface area contributed by atoms with Gasteiger partial charge in [-0.2, -0.15) is 0 Å². The molecule has 0 aliphatic carbocycles. The standard InChI is InChI=1S/C11H12O3/c1-11(8-14-11)7-13-10(12)9-5-3-2-4-6-9/h2-6H,7-8H2,1H3. The van der Waals surface area contributed by atoms with Gasteiger partial charge in [-0.25, -0.2) is 4.79 Å². The van der Waals surface area contributed by atoms with Crippen LogP contribution in [0.3, 0.4) is 0 Å². The minimum Gasteiger partial charge on any atom is -0.459 e. The van der Waals surface area contributed by atoms with E-state index >= 15 is 0 Å². The summed E-state index contributed by atoms with van der Waals surface area (Å²) in [5, 5.41) is 0. The fourth-order valence-electron chi connectivity index (χ4n) is 1.08. The first-order chi connectivity index (χ1) is 6.70. The topological polar surface area (TPSA) is 38.8 Å². The van der Waals surface area contributed by atoms with Crippen molar-refractivity contribution in [1.82, 2.24) is 0 Å². The maximum absolute atomic E-state index is 11.4. The van der Waals surface area contributed by atoms with Crippen molar-refractivity contribution >= 4 is 5.97 Å². The van der Waals surface area contributed by atoms with Crippen molar-refractivity contribution < 1.29 is 14.3 Å². The zero-order valence-corrected chi connectivity index (χ0v) is 8.03. The fraction of sp³-hybridized carbons (Fsp3) is 0.364. The number of ether oxygens (including phenoxy) is 2. The highest BCUT2D eigenvalue weighted by Crippen LogP contribution is 2.26. The van der Waals surface area contributed by atoms with Crippen molar-refractivity contribution in [3.63, 3.8) is 0 Å². The summed E-state index contributed by atoms with van der Waals surface area (Å²) in [5.74, 6) is -0.290. The molecule has 0 spiro atoms. The maximum atomic E-state index is 11.4. The average molecular weight is 192 g/mol. The van der Waals surface area contributed by atoms with Crippen molar-refractivity contribution in [2.75, 3.05) is 13.2 Å². The Bertz CT molecular complexity index is 328. The van der Waals surface area contributed by atoms with Crippen molar-refractivity contribution in [1.29, 1.82) is 0 Å². The van der Waals surface area contributed by atoms with Crippen LogP contribution < -0.4 is 0 Å². The summed E-state index contributed by atoms with van der Waals surface area (Å²) in [6.07, 6.45) is 0. The van der Waals surface area contributed by atoms with E-state index in [-0.39, 0.29) is 11.6 Å². The summed E-state index contributed by atoms with van der Waals surface area (Å²) in [5.41, 5.74) is 0.349. The van der Waals surface area contributed by atoms with Crippen LogP contribution in [0.5, 0.6) is 0 Å². The van der Waals surface area contributed by atoms with Gasteiger partial charge >= 0.3 is 5.97 Å². The van der Waals surface area contributed by atoms with E-state index < -0.39 is 0 Å². The molecule has 0 saturated carbocycles. The highest BCUT2D eigenvalue weighted by atomic mass is 16.6. The Morgan fingerprint density at radius 3 is 2.71 bits per heavy atom. The van der Waals surface area contributed by atoms with Crippen LogP contribution in [-0.2, 0) is 9.47 Å². The number of benzene rings is 1. The van der Waals surface area contributed by atoms with E-state index in [1.54, 1.807) is 12.1 Å². The van der Waals surface area contributed by atoms with Gasteiger partial charge in [0.05, 0.1) is 12.2 Å². The number of esters is 1. The average Bonchev–Trinajstić information content (AvgIpc) is 2.95. The van der Waals surface area contributed by atoms with E-state index in [1.807, 2.05) is 25.1 Å². The highest BCUT2D eigenvalue weighted by Gasteiger charge is 2.40. The minimum atomic E-state index is -0.290. The number of epoxide rings is 1. The predicted octanol–water partition coefficient (Wildman–Crippen LogP) is 1.63. The second-order valence-electron chi connectivity index (χ2n) is 3.68. The Morgan fingerprint density at radius 2 is 2.14 bits per heavy atom. The molecule has 2 rings (SSSR count). The van der Waals surface area contributed by atoms with Gasteiger partial charge in [-0.1, -0.05) is 18.2 Å². The lowest BCUT2D eigenvalue weighted by molar-refractivity contribution is 0.0411. The summed E-state index contributed by atoms with van der Waals surface area (Å²) < 4.78 is 10.2. The Balaban J connectivity index is 1.90. The van der Waals surface area contributed by atoms with E-state index in [2.05, 4.69) is 0 Å². The van der Waals surface area contributed by atoms with Gasteiger partial charge in [0.2, 0.25) is 0 Å². The van der Waals surface area contributed by atoms with E-state index in [0.717, 1.165) is 0 Å². The first kappa shape index (κ1) is 9.21. The van der Waals surface area contributed by atoms with Gasteiger partial charge in [0.1, 0.15) is 12.2 Å². The molecule has 0 amide bonds. The molecule has 1 unspecified atom stereocenters. The van der Waals surface area contributed by atoms with Crippen LogP contribution in [0.15, 0.2) is 30.3 Å². The second kappa shape index (κ2) is 3.42. The SMILES string of the molecule is CC1(COC(=O)c2ccccc2)CO1. The molecule has 1 aromatic rings. The molecule has 1 heterocycles. The number of carbonyl (C=O) groups is 1. The molecule has 1 fully saturated rings. The van der Waals surface area contributed by atoms with E-state index in [1.165, 1.54) is 0 Å². The van der Waals surface area contributed by atoms with Gasteiger partial charge in [-0.05, 0) is 19.1 Å². The van der Waals surface area contributed by atoms with Gasteiger partial charge < -0.3 is 9.47 Å². The zero-order valence-electron chi connectivity index (χ0n) is 8.03. The maximum Gasteiger partial charge on any atom is 0.338 e. The van der Waals surface area contributed by atoms with Gasteiger partial charge in [-0.3, -0.25) is 0 Å². The molecular weight excluding hydrogens is 180 g/mol. The third-order valence-corrected chi connectivity index (χ3v) is 2.16. The van der Waals surface area contributed by atoms with Crippen LogP contribution in [0.25, 0.3) is 0 Å². The van der Waals surface area contributed by atoms with Crippen LogP contribution in [0, 0.1) is 0 Å². The molecule has 1 atom stereocenters. The number of hydrogen-bond acceptors (Lipinski definition) is 3. The summed E-state index contributed by atoms with van der Waals surface area (Å²) in [7, 11) is 0. The molecule has 0 radical (unpaired) electrons. The predicted molar refractivity (Wildman–Crippen MR) is 51.1 cm³/mol. The van der Waals surface area contributed by atoms with Crippen LogP contribution in [0.1, 0.15) is 17.3 Å². The normalized spacial score (nSPS) is 24.4. The van der Waals surface area contributed by atoms with Crippen LogP contribution in [-0.4, -0.2) is 24.8 Å². The molecule has 1 aromatic carbocycles. The van der Waals surface area contributed by atoms with Crippen molar-refractivity contribution in [3.8, 4) is 0 Å². The molecule has 1 aliphatic heterocycles. The third kappa shape index (κ3) is 2.12. The molecule has 1 saturated heterocycles. The molecule has 0 N–H and O–H groups in total. The van der Waals surface area contributed by atoms with Crippen molar-refractivity contribution in [2.24, 2.45) is 0 Å². The molecule has 3 heteroatoms. The lowest BCUT2D eigenvalue weighted by atomic mass is 10.2. The van der Waals surface area contributed by atoms with Gasteiger partial charge in [0, 0.05) is 0 Å². The summed E-state index contributed by atoms with van der Waals surface area (Å²) in [6, 6.07) is 8.96. The molecule has 74 valence electrons.